The predicted octanol–water partition coefficient (Wildman–Crippen LogP) is -6.30. The van der Waals surface area contributed by atoms with E-state index in [0.717, 1.165) is 0 Å². The molecule has 0 aromatic rings. The van der Waals surface area contributed by atoms with Gasteiger partial charge in [-0.15, -0.1) is 0 Å². The maximum atomic E-state index is 9.26. The molecule has 6 heteroatoms. The molecule has 0 radical (unpaired) electrons. The number of carbonyl (C=O) groups excluding carboxylic acids is 2. The standard InChI is InChI=1S/C3H6O2.CH2O3.ClH/c1-2-3(4)5;2-1(3)4;/h2H2,1H3,(H,4,5);(H2,2,3,4);1H/p-4. The van der Waals surface area contributed by atoms with Crippen molar-refractivity contribution < 1.29 is 37.3 Å². The Bertz CT molecular complexity index is 97.8. The van der Waals surface area contributed by atoms with E-state index in [1.165, 1.54) is 6.92 Å². The first-order valence-corrected chi connectivity index (χ1v) is 2.08. The van der Waals surface area contributed by atoms with Crippen molar-refractivity contribution in [2.45, 2.75) is 13.3 Å². The number of halogens is 1. The first-order valence-electron chi connectivity index (χ1n) is 2.08. The van der Waals surface area contributed by atoms with Crippen LogP contribution >= 0.6 is 0 Å². The highest BCUT2D eigenvalue weighted by atomic mass is 35.5. The van der Waals surface area contributed by atoms with Gasteiger partial charge in [0, 0.05) is 5.97 Å². The van der Waals surface area contributed by atoms with E-state index in [1.54, 1.807) is 0 Å². The molecule has 0 bridgehead atoms. The third kappa shape index (κ3) is 241. The zero-order valence-electron chi connectivity index (χ0n) is 5.13. The molecule has 0 unspecified atom stereocenters. The number of carboxylic acids is 1. The van der Waals surface area contributed by atoms with Crippen molar-refractivity contribution in [3.05, 3.63) is 0 Å². The number of carboxylic acid groups (broad SMARTS) is 3. The summed E-state index contributed by atoms with van der Waals surface area (Å²) < 4.78 is 0. The Morgan fingerprint density at radius 2 is 1.30 bits per heavy atom. The first-order chi connectivity index (χ1) is 4.00. The lowest BCUT2D eigenvalue weighted by molar-refractivity contribution is -0.415. The molecule has 0 aliphatic carbocycles. The minimum Gasteiger partial charge on any atom is -1.00 e. The quantitative estimate of drug-likeness (QED) is 0.387. The van der Waals surface area contributed by atoms with Gasteiger partial charge in [0.25, 0.3) is 0 Å². The van der Waals surface area contributed by atoms with Gasteiger partial charge >= 0.3 is 0 Å². The van der Waals surface area contributed by atoms with Crippen molar-refractivity contribution in [2.75, 3.05) is 0 Å². The topological polar surface area (TPSA) is 103 Å². The highest BCUT2D eigenvalue weighted by Gasteiger charge is 1.65. The van der Waals surface area contributed by atoms with Crippen LogP contribution in [-0.4, -0.2) is 12.1 Å². The summed E-state index contributed by atoms with van der Waals surface area (Å²) in [5.74, 6) is -0.995. The van der Waals surface area contributed by atoms with E-state index >= 15 is 0 Å². The third-order valence-corrected chi connectivity index (χ3v) is 0.289. The van der Waals surface area contributed by atoms with E-state index in [1.807, 2.05) is 0 Å². The van der Waals surface area contributed by atoms with Crippen LogP contribution in [0.3, 0.4) is 0 Å². The van der Waals surface area contributed by atoms with Gasteiger partial charge in [0.1, 0.15) is 0 Å². The molecule has 62 valence electrons. The molecule has 0 aromatic heterocycles. The number of aliphatic carboxylic acids is 1. The van der Waals surface area contributed by atoms with Crippen LogP contribution in [0.4, 0.5) is 4.79 Å². The van der Waals surface area contributed by atoms with E-state index in [-0.39, 0.29) is 18.8 Å². The summed E-state index contributed by atoms with van der Waals surface area (Å²) >= 11 is 0. The summed E-state index contributed by atoms with van der Waals surface area (Å²) in [4.78, 5) is 17.6. The third-order valence-electron chi connectivity index (χ3n) is 0.289. The number of rotatable bonds is 1. The van der Waals surface area contributed by atoms with Crippen LogP contribution in [0.25, 0.3) is 0 Å². The largest absolute Gasteiger partial charge is 1.00 e. The molecular formula is C4H5ClO5-4. The normalized spacial score (nSPS) is 6.10. The lowest BCUT2D eigenvalue weighted by atomic mass is 10.5. The number of carbonyl (C=O) groups is 2. The van der Waals surface area contributed by atoms with Gasteiger partial charge in [0.15, 0.2) is 0 Å². The molecule has 0 fully saturated rings. The van der Waals surface area contributed by atoms with Gasteiger partial charge in [-0.2, -0.15) is 0 Å². The highest BCUT2D eigenvalue weighted by molar-refractivity contribution is 5.63. The van der Waals surface area contributed by atoms with E-state index in [4.69, 9.17) is 15.0 Å². The Morgan fingerprint density at radius 3 is 1.30 bits per heavy atom. The Morgan fingerprint density at radius 1 is 1.20 bits per heavy atom. The summed E-state index contributed by atoms with van der Waals surface area (Å²) in [6, 6.07) is 0. The van der Waals surface area contributed by atoms with E-state index in [9.17, 15) is 9.90 Å². The number of hydrogen-bond acceptors (Lipinski definition) is 5. The molecule has 0 aliphatic rings. The van der Waals surface area contributed by atoms with Crippen LogP contribution in [-0.2, 0) is 4.79 Å². The smallest absolute Gasteiger partial charge is 0.0411 e. The van der Waals surface area contributed by atoms with Crippen LogP contribution in [0, 0.1) is 0 Å². The predicted molar refractivity (Wildman–Crippen MR) is 20.7 cm³/mol. The van der Waals surface area contributed by atoms with Crippen LogP contribution < -0.4 is 27.7 Å². The molecule has 5 nitrogen and oxygen atoms in total. The number of hydrogen-bond donors (Lipinski definition) is 0. The fourth-order valence-electron chi connectivity index (χ4n) is 0. The minimum atomic E-state index is -2.33. The molecule has 0 amide bonds. The molecule has 0 aromatic carbocycles. The fourth-order valence-corrected chi connectivity index (χ4v) is 0. The van der Waals surface area contributed by atoms with Crippen LogP contribution in [0.2, 0.25) is 0 Å². The Balaban J connectivity index is -0.0000000910. The molecule has 0 aliphatic heterocycles. The Hall–Kier alpha value is -0.970. The SMILES string of the molecule is CCC(=O)[O-].O=C([O-])[O-].[Cl-]. The minimum absolute atomic E-state index is 0. The lowest BCUT2D eigenvalue weighted by Crippen LogP contribution is -3.00. The molecule has 0 saturated heterocycles. The van der Waals surface area contributed by atoms with E-state index < -0.39 is 12.1 Å². The molecule has 0 spiro atoms. The molecule has 0 rings (SSSR count). The second-order valence-electron chi connectivity index (χ2n) is 0.976. The summed E-state index contributed by atoms with van der Waals surface area (Å²) in [7, 11) is 0. The molecule has 0 N–H and O–H groups in total. The van der Waals surface area contributed by atoms with Crippen LogP contribution in [0.5, 0.6) is 0 Å². The molecule has 0 saturated carbocycles. The second-order valence-corrected chi connectivity index (χ2v) is 0.976. The van der Waals surface area contributed by atoms with Crippen LogP contribution in [0.15, 0.2) is 0 Å². The van der Waals surface area contributed by atoms with Crippen molar-refractivity contribution >= 4 is 12.1 Å². The summed E-state index contributed by atoms with van der Waals surface area (Å²) in [5, 5.41) is 25.9. The average Bonchev–Trinajstić information content (AvgIpc) is 1.65. The summed E-state index contributed by atoms with van der Waals surface area (Å²) in [5.41, 5.74) is 0. The second kappa shape index (κ2) is 10.9. The molecule has 0 atom stereocenters. The van der Waals surface area contributed by atoms with Gasteiger partial charge in [-0.05, 0) is 12.6 Å². The van der Waals surface area contributed by atoms with Crippen molar-refractivity contribution in [2.24, 2.45) is 0 Å². The Kier molecular flexibility index (Phi) is 17.5. The van der Waals surface area contributed by atoms with Gasteiger partial charge in [-0.3, -0.25) is 0 Å². The molecule has 0 heterocycles. The zero-order valence-corrected chi connectivity index (χ0v) is 5.88. The fraction of sp³-hybridized carbons (Fsp3) is 0.500. The lowest BCUT2D eigenvalue weighted by Gasteiger charge is -1.96. The van der Waals surface area contributed by atoms with E-state index in [2.05, 4.69) is 0 Å². The van der Waals surface area contributed by atoms with Gasteiger partial charge in [-0.1, -0.05) is 6.92 Å². The van der Waals surface area contributed by atoms with Crippen LogP contribution in [0.1, 0.15) is 13.3 Å². The van der Waals surface area contributed by atoms with Gasteiger partial charge < -0.3 is 37.3 Å². The average molecular weight is 169 g/mol. The van der Waals surface area contributed by atoms with E-state index in [0.29, 0.717) is 0 Å². The summed E-state index contributed by atoms with van der Waals surface area (Å²) in [6.07, 6.45) is -2.22. The van der Waals surface area contributed by atoms with Gasteiger partial charge in [0.05, 0.1) is 0 Å². The van der Waals surface area contributed by atoms with Crippen molar-refractivity contribution in [1.82, 2.24) is 0 Å². The van der Waals surface area contributed by atoms with Crippen molar-refractivity contribution in [3.8, 4) is 0 Å². The maximum absolute atomic E-state index is 9.26. The van der Waals surface area contributed by atoms with Gasteiger partial charge in [-0.25, -0.2) is 0 Å². The van der Waals surface area contributed by atoms with Gasteiger partial charge in [0.2, 0.25) is 0 Å². The monoisotopic (exact) mass is 168 g/mol. The molecule has 10 heavy (non-hydrogen) atoms. The maximum Gasteiger partial charge on any atom is 0.0411 e. The zero-order chi connectivity index (χ0) is 7.86. The first kappa shape index (κ1) is 16.0. The summed E-state index contributed by atoms with van der Waals surface area (Å²) in [6.45, 7) is 1.54. The molecular weight excluding hydrogens is 163 g/mol. The van der Waals surface area contributed by atoms with Crippen molar-refractivity contribution in [3.63, 3.8) is 0 Å². The Labute approximate surface area is 63.7 Å². The van der Waals surface area contributed by atoms with Crippen molar-refractivity contribution in [1.29, 1.82) is 0 Å². The highest BCUT2D eigenvalue weighted by Crippen LogP contribution is 1.61.